The summed E-state index contributed by atoms with van der Waals surface area (Å²) in [4.78, 5) is 0. The standard InChI is InChI=1S/C20H16ClN3/c1-24-19-11-15(23)7-9-17(19)16-8-6-14(22)10-18(16)20(24)12-2-4-13(21)5-3-12/h2-11,23H,22H2,1H3/p+1. The molecule has 0 radical (unpaired) electrons. The van der Waals surface area contributed by atoms with Crippen LogP contribution in [0.25, 0.3) is 32.9 Å². The van der Waals surface area contributed by atoms with E-state index in [1.165, 1.54) is 0 Å². The minimum Gasteiger partial charge on any atom is -0.399 e. The molecule has 0 fully saturated rings. The number of halogens is 1. The molecule has 1 aromatic heterocycles. The number of pyridine rings is 1. The van der Waals surface area contributed by atoms with Gasteiger partial charge in [0.05, 0.1) is 10.8 Å². The molecule has 1 heterocycles. The lowest BCUT2D eigenvalue weighted by Gasteiger charge is -2.11. The molecule has 0 amide bonds. The van der Waals surface area contributed by atoms with Gasteiger partial charge in [-0.2, -0.15) is 4.57 Å². The monoisotopic (exact) mass is 334 g/mol. The average molecular weight is 335 g/mol. The van der Waals surface area contributed by atoms with Crippen molar-refractivity contribution in [1.29, 1.82) is 0 Å². The molecule has 0 aliphatic rings. The number of nitrogens with two attached hydrogens (primary N) is 2. The molecule has 0 unspecified atom stereocenters. The summed E-state index contributed by atoms with van der Waals surface area (Å²) in [6.45, 7) is 0. The maximum absolute atomic E-state index is 6.06. The van der Waals surface area contributed by atoms with E-state index in [4.69, 9.17) is 23.1 Å². The van der Waals surface area contributed by atoms with Gasteiger partial charge in [-0.3, -0.25) is 0 Å². The second-order valence-corrected chi connectivity index (χ2v) is 6.43. The van der Waals surface area contributed by atoms with Crippen molar-refractivity contribution >= 4 is 44.7 Å². The zero-order valence-corrected chi connectivity index (χ0v) is 14.0. The summed E-state index contributed by atoms with van der Waals surface area (Å²) < 4.78 is 2.16. The Labute approximate surface area is 145 Å². The Kier molecular flexibility index (Phi) is 3.32. The zero-order chi connectivity index (χ0) is 16.8. The van der Waals surface area contributed by atoms with Gasteiger partial charge in [-0.1, -0.05) is 17.7 Å². The highest BCUT2D eigenvalue weighted by Gasteiger charge is 2.20. The first-order valence-electron chi connectivity index (χ1n) is 7.71. The number of aryl methyl sites for hydroxylation is 1. The summed E-state index contributed by atoms with van der Waals surface area (Å²) in [5.74, 6) is 0. The third-order valence-electron chi connectivity index (χ3n) is 4.43. The van der Waals surface area contributed by atoms with Gasteiger partial charge in [0.1, 0.15) is 7.05 Å². The molecule has 118 valence electrons. The summed E-state index contributed by atoms with van der Waals surface area (Å²) in [6, 6.07) is 19.9. The zero-order valence-electron chi connectivity index (χ0n) is 13.3. The summed E-state index contributed by atoms with van der Waals surface area (Å²) in [7, 11) is 2.05. The third kappa shape index (κ3) is 2.25. The van der Waals surface area contributed by atoms with Crippen LogP contribution < -0.4 is 16.0 Å². The van der Waals surface area contributed by atoms with E-state index in [9.17, 15) is 0 Å². The quantitative estimate of drug-likeness (QED) is 0.310. The van der Waals surface area contributed by atoms with Crippen molar-refractivity contribution in [3.8, 4) is 11.3 Å². The smallest absolute Gasteiger partial charge is 0.220 e. The van der Waals surface area contributed by atoms with Crippen LogP contribution >= 0.6 is 11.6 Å². The summed E-state index contributed by atoms with van der Waals surface area (Å²) in [5.41, 5.74) is 16.8. The van der Waals surface area contributed by atoms with E-state index in [1.807, 2.05) is 55.6 Å². The number of hydrogen-bond donors (Lipinski definition) is 2. The summed E-state index contributed by atoms with van der Waals surface area (Å²) in [5, 5.41) is 4.13. The van der Waals surface area contributed by atoms with Crippen LogP contribution in [0.2, 0.25) is 5.02 Å². The molecule has 4 N–H and O–H groups in total. The van der Waals surface area contributed by atoms with Crippen LogP contribution in [-0.4, -0.2) is 0 Å². The van der Waals surface area contributed by atoms with Crippen molar-refractivity contribution in [1.82, 2.24) is 0 Å². The Morgan fingerprint density at radius 3 is 2.08 bits per heavy atom. The molecular weight excluding hydrogens is 318 g/mol. The molecule has 24 heavy (non-hydrogen) atoms. The van der Waals surface area contributed by atoms with E-state index in [0.717, 1.165) is 49.3 Å². The largest absolute Gasteiger partial charge is 0.399 e. The van der Waals surface area contributed by atoms with Crippen molar-refractivity contribution < 1.29 is 4.57 Å². The Hall–Kier alpha value is -2.78. The molecular formula is C20H17ClN3+. The van der Waals surface area contributed by atoms with Crippen LogP contribution in [0.5, 0.6) is 0 Å². The molecule has 0 atom stereocenters. The van der Waals surface area contributed by atoms with Gasteiger partial charge in [0.15, 0.2) is 0 Å². The van der Waals surface area contributed by atoms with Gasteiger partial charge >= 0.3 is 0 Å². The second-order valence-electron chi connectivity index (χ2n) is 6.00. The maximum Gasteiger partial charge on any atom is 0.220 e. The molecule has 3 aromatic carbocycles. The summed E-state index contributed by atoms with van der Waals surface area (Å²) >= 11 is 6.05. The number of nitrogen functional groups attached to an aromatic ring is 2. The highest BCUT2D eigenvalue weighted by atomic mass is 35.5. The Balaban J connectivity index is 2.22. The Morgan fingerprint density at radius 2 is 1.38 bits per heavy atom. The van der Waals surface area contributed by atoms with Gasteiger partial charge in [0.2, 0.25) is 11.2 Å². The van der Waals surface area contributed by atoms with Gasteiger partial charge in [-0.05, 0) is 48.5 Å². The number of fused-ring (bicyclic) bond motifs is 3. The van der Waals surface area contributed by atoms with Crippen molar-refractivity contribution in [2.75, 3.05) is 11.5 Å². The molecule has 0 saturated carbocycles. The molecule has 0 saturated heterocycles. The molecule has 0 aliphatic carbocycles. The topological polar surface area (TPSA) is 55.9 Å². The average Bonchev–Trinajstić information content (AvgIpc) is 2.57. The Bertz CT molecular complexity index is 1090. The van der Waals surface area contributed by atoms with Crippen LogP contribution in [-0.2, 0) is 7.05 Å². The number of rotatable bonds is 1. The molecule has 4 rings (SSSR count). The van der Waals surface area contributed by atoms with Gasteiger partial charge in [0, 0.05) is 33.4 Å². The highest BCUT2D eigenvalue weighted by molar-refractivity contribution is 6.30. The normalized spacial score (nSPS) is 11.2. The second kappa shape index (κ2) is 5.39. The van der Waals surface area contributed by atoms with E-state index in [0.29, 0.717) is 0 Å². The fourth-order valence-corrected chi connectivity index (χ4v) is 3.43. The number of anilines is 2. The van der Waals surface area contributed by atoms with E-state index in [-0.39, 0.29) is 0 Å². The maximum atomic E-state index is 6.06. The number of benzene rings is 3. The van der Waals surface area contributed by atoms with Gasteiger partial charge in [-0.25, -0.2) is 0 Å². The predicted molar refractivity (Wildman–Crippen MR) is 102 cm³/mol. The van der Waals surface area contributed by atoms with Crippen LogP contribution in [0.1, 0.15) is 0 Å². The molecule has 0 aliphatic heterocycles. The van der Waals surface area contributed by atoms with Crippen LogP contribution in [0.4, 0.5) is 11.4 Å². The first-order valence-corrected chi connectivity index (χ1v) is 8.09. The number of aromatic nitrogens is 1. The predicted octanol–water partition coefficient (Wildman–Crippen LogP) is 4.30. The van der Waals surface area contributed by atoms with Crippen LogP contribution in [0, 0.1) is 0 Å². The van der Waals surface area contributed by atoms with Crippen molar-refractivity contribution in [2.24, 2.45) is 7.05 Å². The van der Waals surface area contributed by atoms with Gasteiger partial charge in [0.25, 0.3) is 0 Å². The third-order valence-corrected chi connectivity index (χ3v) is 4.68. The molecule has 0 spiro atoms. The first-order chi connectivity index (χ1) is 11.5. The van der Waals surface area contributed by atoms with Crippen LogP contribution in [0.15, 0.2) is 60.7 Å². The summed E-state index contributed by atoms with van der Waals surface area (Å²) in [6.07, 6.45) is 0. The molecule has 3 nitrogen and oxygen atoms in total. The van der Waals surface area contributed by atoms with Crippen molar-refractivity contribution in [3.63, 3.8) is 0 Å². The van der Waals surface area contributed by atoms with Crippen molar-refractivity contribution in [2.45, 2.75) is 0 Å². The van der Waals surface area contributed by atoms with Gasteiger partial charge in [-0.15, -0.1) is 0 Å². The number of nitrogens with zero attached hydrogens (tertiary/aromatic N) is 1. The molecule has 0 bridgehead atoms. The lowest BCUT2D eigenvalue weighted by atomic mass is 9.98. The van der Waals surface area contributed by atoms with E-state index in [2.05, 4.69) is 16.7 Å². The lowest BCUT2D eigenvalue weighted by Crippen LogP contribution is -2.32. The van der Waals surface area contributed by atoms with Crippen molar-refractivity contribution in [3.05, 3.63) is 65.7 Å². The minimum absolute atomic E-state index is 0.718. The van der Waals surface area contributed by atoms with E-state index >= 15 is 0 Å². The minimum atomic E-state index is 0.718. The van der Waals surface area contributed by atoms with Crippen LogP contribution in [0.3, 0.4) is 0 Å². The molecule has 4 heteroatoms. The highest BCUT2D eigenvalue weighted by Crippen LogP contribution is 2.33. The van der Waals surface area contributed by atoms with Gasteiger partial charge < -0.3 is 11.5 Å². The molecule has 4 aromatic rings. The Morgan fingerprint density at radius 1 is 0.750 bits per heavy atom. The van der Waals surface area contributed by atoms with E-state index < -0.39 is 0 Å². The first kappa shape index (κ1) is 14.8. The number of hydrogen-bond acceptors (Lipinski definition) is 2. The fraction of sp³-hybridized carbons (Fsp3) is 0.0500. The lowest BCUT2D eigenvalue weighted by molar-refractivity contribution is -0.632. The SMILES string of the molecule is C[n+]1c(-c2ccc(Cl)cc2)c2cc(N)ccc2c2ccc(N)cc21. The fourth-order valence-electron chi connectivity index (χ4n) is 3.30. The van der Waals surface area contributed by atoms with E-state index in [1.54, 1.807) is 0 Å².